The fourth-order valence-electron chi connectivity index (χ4n) is 1.62. The summed E-state index contributed by atoms with van der Waals surface area (Å²) < 4.78 is 0. The van der Waals surface area contributed by atoms with Crippen molar-refractivity contribution in [2.24, 2.45) is 0 Å². The Morgan fingerprint density at radius 2 is 2.11 bits per heavy atom. The SMILES string of the molecule is CNCCC(=O)NCc1csc(-c2ccccc2)n1. The zero-order valence-electron chi connectivity index (χ0n) is 10.8. The van der Waals surface area contributed by atoms with Crippen LogP contribution in [0, 0.1) is 0 Å². The average Bonchev–Trinajstić information content (AvgIpc) is 2.93. The van der Waals surface area contributed by atoms with Crippen molar-refractivity contribution < 1.29 is 4.79 Å². The van der Waals surface area contributed by atoms with Gasteiger partial charge in [-0.15, -0.1) is 11.3 Å². The Morgan fingerprint density at radius 3 is 2.84 bits per heavy atom. The van der Waals surface area contributed by atoms with Crippen LogP contribution in [0.15, 0.2) is 35.7 Å². The highest BCUT2D eigenvalue weighted by molar-refractivity contribution is 7.13. The fraction of sp³-hybridized carbons (Fsp3) is 0.286. The highest BCUT2D eigenvalue weighted by Crippen LogP contribution is 2.23. The lowest BCUT2D eigenvalue weighted by Crippen LogP contribution is -2.26. The quantitative estimate of drug-likeness (QED) is 0.848. The van der Waals surface area contributed by atoms with Crippen molar-refractivity contribution in [3.8, 4) is 10.6 Å². The van der Waals surface area contributed by atoms with E-state index < -0.39 is 0 Å². The molecule has 2 N–H and O–H groups in total. The van der Waals surface area contributed by atoms with Crippen LogP contribution in [-0.2, 0) is 11.3 Å². The van der Waals surface area contributed by atoms with Gasteiger partial charge >= 0.3 is 0 Å². The van der Waals surface area contributed by atoms with Gasteiger partial charge in [-0.05, 0) is 7.05 Å². The van der Waals surface area contributed by atoms with Crippen LogP contribution in [0.1, 0.15) is 12.1 Å². The molecule has 4 nitrogen and oxygen atoms in total. The second-order valence-electron chi connectivity index (χ2n) is 4.14. The fourth-order valence-corrected chi connectivity index (χ4v) is 2.44. The van der Waals surface area contributed by atoms with E-state index in [9.17, 15) is 4.79 Å². The summed E-state index contributed by atoms with van der Waals surface area (Å²) in [5, 5.41) is 8.78. The van der Waals surface area contributed by atoms with Crippen molar-refractivity contribution >= 4 is 17.2 Å². The van der Waals surface area contributed by atoms with Crippen LogP contribution >= 0.6 is 11.3 Å². The van der Waals surface area contributed by atoms with Gasteiger partial charge in [0.2, 0.25) is 5.91 Å². The highest BCUT2D eigenvalue weighted by atomic mass is 32.1. The van der Waals surface area contributed by atoms with E-state index >= 15 is 0 Å². The summed E-state index contributed by atoms with van der Waals surface area (Å²) in [6.45, 7) is 1.18. The molecular formula is C14H17N3OS. The van der Waals surface area contributed by atoms with Gasteiger partial charge in [0.25, 0.3) is 0 Å². The van der Waals surface area contributed by atoms with Crippen molar-refractivity contribution in [1.29, 1.82) is 0 Å². The lowest BCUT2D eigenvalue weighted by atomic mass is 10.2. The molecule has 100 valence electrons. The Balaban J connectivity index is 1.90. The summed E-state index contributed by atoms with van der Waals surface area (Å²) in [5.41, 5.74) is 2.02. The molecule has 1 heterocycles. The van der Waals surface area contributed by atoms with E-state index in [1.54, 1.807) is 11.3 Å². The molecule has 0 saturated carbocycles. The maximum atomic E-state index is 11.5. The largest absolute Gasteiger partial charge is 0.350 e. The molecule has 19 heavy (non-hydrogen) atoms. The summed E-state index contributed by atoms with van der Waals surface area (Å²) in [6.07, 6.45) is 0.492. The first-order chi connectivity index (χ1) is 9.29. The molecule has 2 aromatic rings. The first kappa shape index (κ1) is 13.7. The van der Waals surface area contributed by atoms with Crippen LogP contribution in [0.3, 0.4) is 0 Å². The topological polar surface area (TPSA) is 54.0 Å². The number of carbonyl (C=O) groups excluding carboxylic acids is 1. The lowest BCUT2D eigenvalue weighted by Gasteiger charge is -2.02. The van der Waals surface area contributed by atoms with Gasteiger partial charge in [-0.2, -0.15) is 0 Å². The molecule has 0 aliphatic heterocycles. The van der Waals surface area contributed by atoms with Crippen LogP contribution in [0.5, 0.6) is 0 Å². The molecule has 2 rings (SSSR count). The zero-order chi connectivity index (χ0) is 13.5. The number of carbonyl (C=O) groups is 1. The van der Waals surface area contributed by atoms with E-state index in [-0.39, 0.29) is 5.91 Å². The van der Waals surface area contributed by atoms with Crippen molar-refractivity contribution in [2.75, 3.05) is 13.6 Å². The Bertz CT molecular complexity index is 524. The van der Waals surface area contributed by atoms with Gasteiger partial charge in [0.15, 0.2) is 0 Å². The summed E-state index contributed by atoms with van der Waals surface area (Å²) in [6, 6.07) is 10.0. The summed E-state index contributed by atoms with van der Waals surface area (Å²) in [7, 11) is 1.83. The molecule has 1 amide bonds. The molecule has 5 heteroatoms. The highest BCUT2D eigenvalue weighted by Gasteiger charge is 2.05. The number of amides is 1. The van der Waals surface area contributed by atoms with Gasteiger partial charge < -0.3 is 10.6 Å². The van der Waals surface area contributed by atoms with Crippen molar-refractivity contribution in [2.45, 2.75) is 13.0 Å². The third kappa shape index (κ3) is 4.15. The smallest absolute Gasteiger partial charge is 0.221 e. The molecule has 1 aromatic carbocycles. The molecule has 0 aliphatic rings. The minimum atomic E-state index is 0.0450. The standard InChI is InChI=1S/C14H17N3OS/c1-15-8-7-13(18)16-9-12-10-19-14(17-12)11-5-3-2-4-6-11/h2-6,10,15H,7-9H2,1H3,(H,16,18). The second kappa shape index (κ2) is 7.01. The molecule has 0 radical (unpaired) electrons. The Kier molecular flexibility index (Phi) is 5.06. The third-order valence-corrected chi connectivity index (χ3v) is 3.58. The molecule has 1 aromatic heterocycles. The van der Waals surface area contributed by atoms with Crippen LogP contribution in [0.25, 0.3) is 10.6 Å². The molecule has 0 spiro atoms. The van der Waals surface area contributed by atoms with Gasteiger partial charge in [-0.3, -0.25) is 4.79 Å². The summed E-state index contributed by atoms with van der Waals surface area (Å²) in [5.74, 6) is 0.0450. The average molecular weight is 275 g/mol. The molecule has 0 bridgehead atoms. The normalized spacial score (nSPS) is 10.4. The maximum Gasteiger partial charge on any atom is 0.221 e. The van der Waals surface area contributed by atoms with Crippen molar-refractivity contribution in [3.05, 3.63) is 41.4 Å². The van der Waals surface area contributed by atoms with Gasteiger partial charge in [0, 0.05) is 23.9 Å². The van der Waals surface area contributed by atoms with E-state index in [1.807, 2.05) is 42.8 Å². The van der Waals surface area contributed by atoms with E-state index in [0.717, 1.165) is 16.3 Å². The van der Waals surface area contributed by atoms with Gasteiger partial charge in [0.05, 0.1) is 12.2 Å². The second-order valence-corrected chi connectivity index (χ2v) is 5.00. The monoisotopic (exact) mass is 275 g/mol. The lowest BCUT2D eigenvalue weighted by molar-refractivity contribution is -0.121. The molecule has 0 unspecified atom stereocenters. The molecule has 0 aliphatic carbocycles. The minimum absolute atomic E-state index is 0.0450. The van der Waals surface area contributed by atoms with E-state index in [0.29, 0.717) is 19.5 Å². The van der Waals surface area contributed by atoms with Crippen molar-refractivity contribution in [1.82, 2.24) is 15.6 Å². The predicted octanol–water partition coefficient (Wildman–Crippen LogP) is 2.04. The predicted molar refractivity (Wildman–Crippen MR) is 77.9 cm³/mol. The number of aromatic nitrogens is 1. The Hall–Kier alpha value is -1.72. The van der Waals surface area contributed by atoms with Crippen LogP contribution in [-0.4, -0.2) is 24.5 Å². The van der Waals surface area contributed by atoms with Crippen LogP contribution < -0.4 is 10.6 Å². The maximum absolute atomic E-state index is 11.5. The number of hydrogen-bond donors (Lipinski definition) is 2. The number of hydrogen-bond acceptors (Lipinski definition) is 4. The number of rotatable bonds is 6. The molecular weight excluding hydrogens is 258 g/mol. The van der Waals surface area contributed by atoms with Gasteiger partial charge in [0.1, 0.15) is 5.01 Å². The molecule has 0 atom stereocenters. The van der Waals surface area contributed by atoms with Crippen LogP contribution in [0.2, 0.25) is 0 Å². The van der Waals surface area contributed by atoms with E-state index in [4.69, 9.17) is 0 Å². The van der Waals surface area contributed by atoms with E-state index in [2.05, 4.69) is 15.6 Å². The third-order valence-electron chi connectivity index (χ3n) is 2.64. The first-order valence-corrected chi connectivity index (χ1v) is 7.08. The number of nitrogens with one attached hydrogen (secondary N) is 2. The number of benzene rings is 1. The van der Waals surface area contributed by atoms with Crippen molar-refractivity contribution in [3.63, 3.8) is 0 Å². The molecule has 0 saturated heterocycles. The first-order valence-electron chi connectivity index (χ1n) is 6.20. The number of thiazole rings is 1. The summed E-state index contributed by atoms with van der Waals surface area (Å²) in [4.78, 5) is 16.0. The van der Waals surface area contributed by atoms with Gasteiger partial charge in [-0.25, -0.2) is 4.98 Å². The number of nitrogens with zero attached hydrogens (tertiary/aromatic N) is 1. The minimum Gasteiger partial charge on any atom is -0.350 e. The summed E-state index contributed by atoms with van der Waals surface area (Å²) >= 11 is 1.60. The van der Waals surface area contributed by atoms with E-state index in [1.165, 1.54) is 0 Å². The Labute approximate surface area is 116 Å². The van der Waals surface area contributed by atoms with Crippen LogP contribution in [0.4, 0.5) is 0 Å². The molecule has 0 fully saturated rings. The zero-order valence-corrected chi connectivity index (χ0v) is 11.7. The van der Waals surface area contributed by atoms with Gasteiger partial charge in [-0.1, -0.05) is 30.3 Å². The Morgan fingerprint density at radius 1 is 1.32 bits per heavy atom.